The van der Waals surface area contributed by atoms with Crippen molar-refractivity contribution >= 4 is 40.1 Å². The lowest BCUT2D eigenvalue weighted by molar-refractivity contribution is -0.143. The molecule has 1 fully saturated rings. The Labute approximate surface area is 149 Å². The van der Waals surface area contributed by atoms with E-state index in [1.807, 2.05) is 46.1 Å². The highest BCUT2D eigenvalue weighted by atomic mass is 32.2. The average Bonchev–Trinajstić information content (AvgIpc) is 3.01. The van der Waals surface area contributed by atoms with Crippen LogP contribution in [0.3, 0.4) is 0 Å². The number of nitrogens with zero attached hydrogens (tertiary/aromatic N) is 2. The normalized spacial score (nSPS) is 23.7. The van der Waals surface area contributed by atoms with Gasteiger partial charge in [0.25, 0.3) is 0 Å². The number of hydrogen-bond acceptors (Lipinski definition) is 6. The number of allylic oxidation sites excluding steroid dienone is 1. The Morgan fingerprint density at radius 1 is 1.38 bits per heavy atom. The van der Waals surface area contributed by atoms with Crippen molar-refractivity contribution in [1.82, 2.24) is 4.90 Å². The van der Waals surface area contributed by atoms with Crippen LogP contribution in [0.4, 0.5) is 0 Å². The lowest BCUT2D eigenvalue weighted by Gasteiger charge is -2.32. The zero-order valence-electron chi connectivity index (χ0n) is 14.3. The van der Waals surface area contributed by atoms with Gasteiger partial charge in [-0.2, -0.15) is 0 Å². The number of amides is 1. The van der Waals surface area contributed by atoms with Gasteiger partial charge in [-0.1, -0.05) is 11.8 Å². The van der Waals surface area contributed by atoms with Crippen LogP contribution >= 0.6 is 23.1 Å². The standard InChI is InChI=1S/C17H20N2O3S2/c1-8(2)22-16(21)12-10(4)18-17-19(15(20)11(5)24-17)13(12)14-9(3)6-7-23-14/h6-8,11,13H,1-5H3. The summed E-state index contributed by atoms with van der Waals surface area (Å²) in [6, 6.07) is 1.55. The largest absolute Gasteiger partial charge is 0.459 e. The minimum Gasteiger partial charge on any atom is -0.459 e. The molecule has 3 rings (SSSR count). The van der Waals surface area contributed by atoms with E-state index >= 15 is 0 Å². The highest BCUT2D eigenvalue weighted by Crippen LogP contribution is 2.45. The minimum absolute atomic E-state index is 0.0149. The highest BCUT2D eigenvalue weighted by Gasteiger charge is 2.47. The molecule has 0 aliphatic carbocycles. The van der Waals surface area contributed by atoms with Crippen LogP contribution in [0.2, 0.25) is 0 Å². The topological polar surface area (TPSA) is 59.0 Å². The maximum absolute atomic E-state index is 12.7. The lowest BCUT2D eigenvalue weighted by atomic mass is 9.98. The van der Waals surface area contributed by atoms with Crippen molar-refractivity contribution < 1.29 is 14.3 Å². The van der Waals surface area contributed by atoms with Crippen molar-refractivity contribution in [2.75, 3.05) is 0 Å². The summed E-state index contributed by atoms with van der Waals surface area (Å²) in [4.78, 5) is 32.6. The first kappa shape index (κ1) is 17.2. The zero-order chi connectivity index (χ0) is 17.6. The van der Waals surface area contributed by atoms with Gasteiger partial charge in [-0.05, 0) is 51.6 Å². The Morgan fingerprint density at radius 3 is 2.67 bits per heavy atom. The number of aliphatic imine (C=N–C) groups is 1. The van der Waals surface area contributed by atoms with Crippen molar-refractivity contribution in [3.05, 3.63) is 33.2 Å². The quantitative estimate of drug-likeness (QED) is 0.768. The van der Waals surface area contributed by atoms with Gasteiger partial charge in [0.1, 0.15) is 6.04 Å². The summed E-state index contributed by atoms with van der Waals surface area (Å²) in [5, 5.41) is 2.46. The molecule has 1 saturated heterocycles. The maximum atomic E-state index is 12.7. The lowest BCUT2D eigenvalue weighted by Crippen LogP contribution is -2.40. The summed E-state index contributed by atoms with van der Waals surface area (Å²) in [5.74, 6) is -0.417. The first-order valence-corrected chi connectivity index (χ1v) is 9.61. The number of amidine groups is 1. The first-order valence-electron chi connectivity index (χ1n) is 7.85. The molecular weight excluding hydrogens is 344 g/mol. The monoisotopic (exact) mass is 364 g/mol. The number of carbonyl (C=O) groups is 2. The van der Waals surface area contributed by atoms with Gasteiger partial charge in [-0.15, -0.1) is 11.3 Å². The molecule has 5 nitrogen and oxygen atoms in total. The Balaban J connectivity index is 2.14. The second kappa shape index (κ2) is 6.37. The molecule has 0 radical (unpaired) electrons. The molecule has 0 spiro atoms. The number of rotatable bonds is 3. The number of fused-ring (bicyclic) bond motifs is 1. The number of aryl methyl sites for hydroxylation is 1. The van der Waals surface area contributed by atoms with Crippen LogP contribution in [0.15, 0.2) is 27.7 Å². The summed E-state index contributed by atoms with van der Waals surface area (Å²) in [6.45, 7) is 9.30. The second-order valence-corrected chi connectivity index (χ2v) is 8.44. The van der Waals surface area contributed by atoms with Crippen molar-refractivity contribution in [2.24, 2.45) is 4.99 Å². The van der Waals surface area contributed by atoms with Crippen LogP contribution in [0.1, 0.15) is 44.2 Å². The molecule has 2 aliphatic heterocycles. The molecule has 2 aliphatic rings. The third-order valence-corrected chi connectivity index (χ3v) is 6.10. The van der Waals surface area contributed by atoms with Crippen LogP contribution in [-0.4, -0.2) is 33.3 Å². The summed E-state index contributed by atoms with van der Waals surface area (Å²) in [7, 11) is 0. The first-order chi connectivity index (χ1) is 11.3. The molecule has 3 heterocycles. The van der Waals surface area contributed by atoms with Crippen LogP contribution in [0.5, 0.6) is 0 Å². The van der Waals surface area contributed by atoms with E-state index in [1.165, 1.54) is 11.8 Å². The predicted octanol–water partition coefficient (Wildman–Crippen LogP) is 3.66. The Hall–Kier alpha value is -1.60. The zero-order valence-corrected chi connectivity index (χ0v) is 16.0. The van der Waals surface area contributed by atoms with Gasteiger partial charge in [-0.25, -0.2) is 9.79 Å². The molecule has 2 atom stereocenters. The number of esters is 1. The van der Waals surface area contributed by atoms with Gasteiger partial charge in [-0.3, -0.25) is 9.69 Å². The number of thiophene rings is 1. The number of ether oxygens (including phenoxy) is 1. The summed E-state index contributed by atoms with van der Waals surface area (Å²) in [6.07, 6.45) is -0.226. The molecular formula is C17H20N2O3S2. The number of hydrogen-bond donors (Lipinski definition) is 0. The third-order valence-electron chi connectivity index (χ3n) is 3.97. The van der Waals surface area contributed by atoms with Gasteiger partial charge in [0.2, 0.25) is 5.91 Å². The molecule has 24 heavy (non-hydrogen) atoms. The van der Waals surface area contributed by atoms with E-state index in [0.717, 1.165) is 10.4 Å². The molecule has 0 aromatic carbocycles. The smallest absolute Gasteiger partial charge is 0.338 e. The summed E-state index contributed by atoms with van der Waals surface area (Å²) < 4.78 is 5.43. The fourth-order valence-corrected chi connectivity index (χ4v) is 4.91. The van der Waals surface area contributed by atoms with Gasteiger partial charge >= 0.3 is 5.97 Å². The molecule has 0 saturated carbocycles. The predicted molar refractivity (Wildman–Crippen MR) is 97.1 cm³/mol. The number of carbonyl (C=O) groups excluding carboxylic acids is 2. The molecule has 2 unspecified atom stereocenters. The van der Waals surface area contributed by atoms with E-state index in [4.69, 9.17) is 4.74 Å². The average molecular weight is 364 g/mol. The van der Waals surface area contributed by atoms with Crippen molar-refractivity contribution in [3.63, 3.8) is 0 Å². The van der Waals surface area contributed by atoms with Crippen LogP contribution in [-0.2, 0) is 14.3 Å². The van der Waals surface area contributed by atoms with Crippen molar-refractivity contribution in [2.45, 2.75) is 52.0 Å². The molecule has 128 valence electrons. The Morgan fingerprint density at radius 2 is 2.08 bits per heavy atom. The molecule has 7 heteroatoms. The van der Waals surface area contributed by atoms with E-state index in [1.54, 1.807) is 16.2 Å². The third kappa shape index (κ3) is 2.80. The van der Waals surface area contributed by atoms with Gasteiger partial charge in [0.15, 0.2) is 5.17 Å². The fraction of sp³-hybridized carbons (Fsp3) is 0.471. The van der Waals surface area contributed by atoms with Crippen molar-refractivity contribution in [3.8, 4) is 0 Å². The van der Waals surface area contributed by atoms with Gasteiger partial charge < -0.3 is 4.74 Å². The molecule has 0 bridgehead atoms. The van der Waals surface area contributed by atoms with E-state index < -0.39 is 12.0 Å². The van der Waals surface area contributed by atoms with E-state index in [9.17, 15) is 9.59 Å². The van der Waals surface area contributed by atoms with Crippen LogP contribution in [0, 0.1) is 6.92 Å². The number of thioether (sulfide) groups is 1. The minimum atomic E-state index is -0.450. The second-order valence-electron chi connectivity index (χ2n) is 6.19. The fourth-order valence-electron chi connectivity index (χ4n) is 2.85. The van der Waals surface area contributed by atoms with E-state index in [-0.39, 0.29) is 17.3 Å². The van der Waals surface area contributed by atoms with Crippen molar-refractivity contribution in [1.29, 1.82) is 0 Å². The van der Waals surface area contributed by atoms with Gasteiger partial charge in [0.05, 0.1) is 22.6 Å². The molecule has 1 aromatic heterocycles. The maximum Gasteiger partial charge on any atom is 0.338 e. The van der Waals surface area contributed by atoms with E-state index in [2.05, 4.69) is 4.99 Å². The van der Waals surface area contributed by atoms with E-state index in [0.29, 0.717) is 16.4 Å². The van der Waals surface area contributed by atoms with Crippen LogP contribution < -0.4 is 0 Å². The SMILES string of the molecule is CC1=C(C(=O)OC(C)C)C(c2sccc2C)N2C(=O)C(C)SC2=N1. The van der Waals surface area contributed by atoms with Gasteiger partial charge in [0, 0.05) is 4.88 Å². The molecule has 0 N–H and O–H groups in total. The molecule has 1 amide bonds. The highest BCUT2D eigenvalue weighted by molar-refractivity contribution is 8.15. The Kier molecular flexibility index (Phi) is 4.57. The summed E-state index contributed by atoms with van der Waals surface area (Å²) >= 11 is 2.99. The molecule has 1 aromatic rings. The Bertz CT molecular complexity index is 764. The van der Waals surface area contributed by atoms with Crippen LogP contribution in [0.25, 0.3) is 0 Å². The summed E-state index contributed by atoms with van der Waals surface area (Å²) in [5.41, 5.74) is 2.14.